The van der Waals surface area contributed by atoms with E-state index >= 15 is 0 Å². The Bertz CT molecular complexity index is 808. The van der Waals surface area contributed by atoms with E-state index in [0.29, 0.717) is 29.6 Å². The molecule has 0 bridgehead atoms. The first kappa shape index (κ1) is 14.0. The van der Waals surface area contributed by atoms with Gasteiger partial charge in [0.25, 0.3) is 5.91 Å². The van der Waals surface area contributed by atoms with E-state index < -0.39 is 0 Å². The molecule has 0 saturated carbocycles. The maximum atomic E-state index is 12.0. The van der Waals surface area contributed by atoms with Gasteiger partial charge in [-0.3, -0.25) is 9.48 Å². The number of carbonyl (C=O) groups is 1. The van der Waals surface area contributed by atoms with Crippen LogP contribution in [-0.2, 0) is 13.1 Å². The topological polar surface area (TPSA) is 99.2 Å². The first-order valence-corrected chi connectivity index (χ1v) is 6.78. The number of hydrogen-bond donors (Lipinski definition) is 1. The molecule has 22 heavy (non-hydrogen) atoms. The molecule has 0 atom stereocenters. The zero-order valence-corrected chi connectivity index (χ0v) is 12.2. The molecule has 9 heteroatoms. The van der Waals surface area contributed by atoms with Gasteiger partial charge in [0.15, 0.2) is 11.5 Å². The Kier molecular flexibility index (Phi) is 3.69. The summed E-state index contributed by atoms with van der Waals surface area (Å²) in [5.41, 5.74) is 0.946. The van der Waals surface area contributed by atoms with Gasteiger partial charge in [0.05, 0.1) is 13.7 Å². The summed E-state index contributed by atoms with van der Waals surface area (Å²) in [6, 6.07) is 5.11. The van der Waals surface area contributed by atoms with E-state index in [9.17, 15) is 4.79 Å². The predicted molar refractivity (Wildman–Crippen MR) is 76.4 cm³/mol. The smallest absolute Gasteiger partial charge is 0.272 e. The van der Waals surface area contributed by atoms with Crippen LogP contribution in [0.3, 0.4) is 0 Å². The van der Waals surface area contributed by atoms with Crippen molar-refractivity contribution >= 4 is 11.6 Å². The second-order valence-corrected chi connectivity index (χ2v) is 4.50. The standard InChI is InChI=1S/C13H15N7O2/c1-3-19-7-6-9(17-19)13(21)14-8-11-16-15-10-4-5-12(22-2)18-20(10)11/h4-7H,3,8H2,1-2H3,(H,14,21). The van der Waals surface area contributed by atoms with Crippen molar-refractivity contribution in [2.24, 2.45) is 0 Å². The first-order chi connectivity index (χ1) is 10.7. The lowest BCUT2D eigenvalue weighted by Crippen LogP contribution is -2.25. The quantitative estimate of drug-likeness (QED) is 0.726. The number of nitrogens with one attached hydrogen (secondary N) is 1. The first-order valence-electron chi connectivity index (χ1n) is 6.78. The summed E-state index contributed by atoms with van der Waals surface area (Å²) in [5, 5.41) is 19.1. The number of ether oxygens (including phenoxy) is 1. The van der Waals surface area contributed by atoms with Gasteiger partial charge in [-0.05, 0) is 19.1 Å². The second-order valence-electron chi connectivity index (χ2n) is 4.50. The highest BCUT2D eigenvalue weighted by Crippen LogP contribution is 2.08. The Morgan fingerprint density at radius 1 is 1.27 bits per heavy atom. The molecule has 0 spiro atoms. The van der Waals surface area contributed by atoms with Crippen LogP contribution in [-0.4, -0.2) is 42.6 Å². The number of rotatable bonds is 5. The highest BCUT2D eigenvalue weighted by molar-refractivity contribution is 5.92. The molecule has 0 aliphatic heterocycles. The number of nitrogens with zero attached hydrogens (tertiary/aromatic N) is 6. The maximum absolute atomic E-state index is 12.0. The summed E-state index contributed by atoms with van der Waals surface area (Å²) in [7, 11) is 1.53. The maximum Gasteiger partial charge on any atom is 0.272 e. The van der Waals surface area contributed by atoms with Crippen LogP contribution in [0.25, 0.3) is 5.65 Å². The molecule has 0 fully saturated rings. The van der Waals surface area contributed by atoms with Crippen LogP contribution in [0.4, 0.5) is 0 Å². The van der Waals surface area contributed by atoms with Crippen molar-refractivity contribution in [1.29, 1.82) is 0 Å². The van der Waals surface area contributed by atoms with E-state index in [0.717, 1.165) is 0 Å². The minimum atomic E-state index is -0.271. The minimum Gasteiger partial charge on any atom is -0.480 e. The zero-order valence-electron chi connectivity index (χ0n) is 12.2. The van der Waals surface area contributed by atoms with Gasteiger partial charge in [0.1, 0.15) is 5.69 Å². The Morgan fingerprint density at radius 2 is 2.14 bits per heavy atom. The fraction of sp³-hybridized carbons (Fsp3) is 0.308. The second kappa shape index (κ2) is 5.80. The molecule has 0 aromatic carbocycles. The van der Waals surface area contributed by atoms with Gasteiger partial charge in [-0.2, -0.15) is 9.61 Å². The van der Waals surface area contributed by atoms with Gasteiger partial charge in [-0.1, -0.05) is 0 Å². The van der Waals surface area contributed by atoms with Gasteiger partial charge in [-0.25, -0.2) is 0 Å². The van der Waals surface area contributed by atoms with Crippen molar-refractivity contribution in [3.63, 3.8) is 0 Å². The van der Waals surface area contributed by atoms with Crippen molar-refractivity contribution in [1.82, 2.24) is 34.9 Å². The minimum absolute atomic E-state index is 0.194. The van der Waals surface area contributed by atoms with E-state index in [1.54, 1.807) is 29.1 Å². The molecule has 3 aromatic rings. The molecule has 3 heterocycles. The van der Waals surface area contributed by atoms with Crippen molar-refractivity contribution < 1.29 is 9.53 Å². The van der Waals surface area contributed by atoms with Crippen LogP contribution < -0.4 is 10.1 Å². The molecule has 9 nitrogen and oxygen atoms in total. The van der Waals surface area contributed by atoms with Crippen LogP contribution in [0.2, 0.25) is 0 Å². The SMILES string of the molecule is CCn1ccc(C(=O)NCc2nnc3ccc(OC)nn23)n1. The number of methoxy groups -OCH3 is 1. The number of hydrogen-bond acceptors (Lipinski definition) is 6. The van der Waals surface area contributed by atoms with E-state index in [-0.39, 0.29) is 12.5 Å². The molecule has 0 aliphatic rings. The third-order valence-corrected chi connectivity index (χ3v) is 3.12. The number of carbonyl (C=O) groups excluding carboxylic acids is 1. The van der Waals surface area contributed by atoms with Crippen molar-refractivity contribution in [3.8, 4) is 5.88 Å². The monoisotopic (exact) mass is 301 g/mol. The summed E-state index contributed by atoms with van der Waals surface area (Å²) in [4.78, 5) is 12.0. The molecule has 0 radical (unpaired) electrons. The van der Waals surface area contributed by atoms with Gasteiger partial charge in [0, 0.05) is 18.8 Å². The Labute approximate surface area is 125 Å². The van der Waals surface area contributed by atoms with Crippen LogP contribution in [0, 0.1) is 0 Å². The molecule has 0 aliphatic carbocycles. The zero-order chi connectivity index (χ0) is 15.5. The number of amides is 1. The Morgan fingerprint density at radius 3 is 2.86 bits per heavy atom. The van der Waals surface area contributed by atoms with E-state index in [1.807, 2.05) is 6.92 Å². The molecule has 3 rings (SSSR count). The van der Waals surface area contributed by atoms with Gasteiger partial charge in [0.2, 0.25) is 5.88 Å². The molecule has 1 N–H and O–H groups in total. The normalized spacial score (nSPS) is 10.8. The molecule has 0 unspecified atom stereocenters. The number of aromatic nitrogens is 6. The van der Waals surface area contributed by atoms with Gasteiger partial charge >= 0.3 is 0 Å². The van der Waals surface area contributed by atoms with Crippen LogP contribution in [0.15, 0.2) is 24.4 Å². The third-order valence-electron chi connectivity index (χ3n) is 3.12. The van der Waals surface area contributed by atoms with Gasteiger partial charge < -0.3 is 10.1 Å². The lowest BCUT2D eigenvalue weighted by atomic mass is 10.4. The van der Waals surface area contributed by atoms with Crippen LogP contribution >= 0.6 is 0 Å². The highest BCUT2D eigenvalue weighted by Gasteiger charge is 2.12. The molecule has 3 aromatic heterocycles. The highest BCUT2D eigenvalue weighted by atomic mass is 16.5. The Hall–Kier alpha value is -2.97. The van der Waals surface area contributed by atoms with E-state index in [2.05, 4.69) is 25.7 Å². The lowest BCUT2D eigenvalue weighted by Gasteiger charge is -2.03. The molecular formula is C13H15N7O2. The molecular weight excluding hydrogens is 286 g/mol. The number of aryl methyl sites for hydroxylation is 1. The summed E-state index contributed by atoms with van der Waals surface area (Å²) in [6.07, 6.45) is 1.76. The van der Waals surface area contributed by atoms with Crippen molar-refractivity contribution in [3.05, 3.63) is 35.9 Å². The van der Waals surface area contributed by atoms with Crippen molar-refractivity contribution in [2.75, 3.05) is 7.11 Å². The predicted octanol–water partition coefficient (Wildman–Crippen LogP) is 0.279. The van der Waals surface area contributed by atoms with Crippen LogP contribution in [0.5, 0.6) is 5.88 Å². The summed E-state index contributed by atoms with van der Waals surface area (Å²) >= 11 is 0. The average molecular weight is 301 g/mol. The van der Waals surface area contributed by atoms with Crippen LogP contribution in [0.1, 0.15) is 23.2 Å². The largest absolute Gasteiger partial charge is 0.480 e. The number of fused-ring (bicyclic) bond motifs is 1. The van der Waals surface area contributed by atoms with E-state index in [1.165, 1.54) is 11.6 Å². The fourth-order valence-corrected chi connectivity index (χ4v) is 1.94. The average Bonchev–Trinajstić information content (AvgIpc) is 3.18. The fourth-order valence-electron chi connectivity index (χ4n) is 1.94. The van der Waals surface area contributed by atoms with Crippen molar-refractivity contribution in [2.45, 2.75) is 20.0 Å². The molecule has 114 valence electrons. The third kappa shape index (κ3) is 2.60. The molecule has 0 saturated heterocycles. The summed E-state index contributed by atoms with van der Waals surface area (Å²) < 4.78 is 8.29. The van der Waals surface area contributed by atoms with E-state index in [4.69, 9.17) is 4.74 Å². The Balaban J connectivity index is 1.74. The van der Waals surface area contributed by atoms with Gasteiger partial charge in [-0.15, -0.1) is 15.3 Å². The summed E-state index contributed by atoms with van der Waals surface area (Å²) in [5.74, 6) is 0.686. The molecule has 1 amide bonds. The summed E-state index contributed by atoms with van der Waals surface area (Å²) in [6.45, 7) is 2.86. The lowest BCUT2D eigenvalue weighted by molar-refractivity contribution is 0.0944.